The summed E-state index contributed by atoms with van der Waals surface area (Å²) in [5.74, 6) is -1.58. The number of benzene rings is 1. The minimum absolute atomic E-state index is 0.131. The van der Waals surface area contributed by atoms with Gasteiger partial charge in [0, 0.05) is 30.3 Å². The van der Waals surface area contributed by atoms with E-state index in [9.17, 15) is 49.8 Å². The van der Waals surface area contributed by atoms with Crippen molar-refractivity contribution < 1.29 is 49.8 Å². The molecular weight excluding hydrogens is 586 g/mol. The lowest BCUT2D eigenvalue weighted by Crippen LogP contribution is -2.51. The second kappa shape index (κ2) is 11.5. The predicted molar refractivity (Wildman–Crippen MR) is 135 cm³/mol. The van der Waals surface area contributed by atoms with Crippen molar-refractivity contribution in [3.05, 3.63) is 40.0 Å². The summed E-state index contributed by atoms with van der Waals surface area (Å²) < 4.78 is 111. The van der Waals surface area contributed by atoms with Gasteiger partial charge in [0.1, 0.15) is 5.69 Å². The molecule has 0 unspecified atom stereocenters. The van der Waals surface area contributed by atoms with Gasteiger partial charge in [-0.3, -0.25) is 9.59 Å². The Kier molecular flexibility index (Phi) is 9.14. The van der Waals surface area contributed by atoms with Crippen LogP contribution < -0.4 is 5.32 Å². The monoisotopic (exact) mass is 615 g/mol. The van der Waals surface area contributed by atoms with Crippen LogP contribution in [0.2, 0.25) is 0 Å². The van der Waals surface area contributed by atoms with E-state index in [4.69, 9.17) is 0 Å². The van der Waals surface area contributed by atoms with Crippen LogP contribution in [0.25, 0.3) is 10.4 Å². The first-order chi connectivity index (χ1) is 18.7. The number of nitrogens with zero attached hydrogens (tertiary/aromatic N) is 2. The summed E-state index contributed by atoms with van der Waals surface area (Å²) >= 11 is 0.491. The highest BCUT2D eigenvalue weighted by Gasteiger charge is 2.68. The van der Waals surface area contributed by atoms with E-state index >= 15 is 0 Å². The molecule has 1 aromatic heterocycles. The molecular formula is C26H29F8N3O3S. The highest BCUT2D eigenvalue weighted by atomic mass is 32.1. The predicted octanol–water partition coefficient (Wildman–Crippen LogP) is 6.65. The molecule has 1 fully saturated rings. The number of rotatable bonds is 7. The normalized spacial score (nSPS) is 17.2. The van der Waals surface area contributed by atoms with Gasteiger partial charge in [-0.05, 0) is 58.6 Å². The Bertz CT molecular complexity index is 1270. The molecule has 1 aliphatic rings. The molecule has 41 heavy (non-hydrogen) atoms. The minimum Gasteiger partial charge on any atom is -0.389 e. The molecule has 2 heterocycles. The van der Waals surface area contributed by atoms with Crippen LogP contribution in [0, 0.1) is 0 Å². The Morgan fingerprint density at radius 3 is 2.22 bits per heavy atom. The molecule has 15 heteroatoms. The number of alkyl halides is 8. The van der Waals surface area contributed by atoms with Crippen LogP contribution in [0.3, 0.4) is 0 Å². The van der Waals surface area contributed by atoms with E-state index in [-0.39, 0.29) is 35.5 Å². The van der Waals surface area contributed by atoms with Crippen LogP contribution in [-0.2, 0) is 5.41 Å². The Morgan fingerprint density at radius 2 is 1.71 bits per heavy atom. The first-order valence-electron chi connectivity index (χ1n) is 12.6. The maximum atomic E-state index is 14.3. The number of amides is 2. The van der Waals surface area contributed by atoms with Crippen LogP contribution in [-0.4, -0.2) is 63.9 Å². The zero-order valence-electron chi connectivity index (χ0n) is 22.5. The van der Waals surface area contributed by atoms with E-state index in [1.165, 1.54) is 18.7 Å². The summed E-state index contributed by atoms with van der Waals surface area (Å²) in [6.45, 7) is 4.49. The highest BCUT2D eigenvalue weighted by Crippen LogP contribution is 2.53. The number of halogens is 8. The maximum absolute atomic E-state index is 14.3. The fraction of sp³-hybridized carbons (Fsp3) is 0.577. The van der Waals surface area contributed by atoms with Gasteiger partial charge in [-0.1, -0.05) is 12.1 Å². The largest absolute Gasteiger partial charge is 0.406 e. The van der Waals surface area contributed by atoms with Gasteiger partial charge in [-0.15, -0.1) is 11.3 Å². The lowest BCUT2D eigenvalue weighted by molar-refractivity contribution is -0.297. The second-order valence-corrected chi connectivity index (χ2v) is 11.8. The molecule has 1 saturated heterocycles. The van der Waals surface area contributed by atoms with Crippen molar-refractivity contribution in [3.63, 3.8) is 0 Å². The minimum atomic E-state index is -5.87. The van der Waals surface area contributed by atoms with Crippen molar-refractivity contribution in [2.24, 2.45) is 0 Å². The van der Waals surface area contributed by atoms with E-state index < -0.39 is 64.0 Å². The van der Waals surface area contributed by atoms with Crippen molar-refractivity contribution in [3.8, 4) is 10.4 Å². The smallest absolute Gasteiger partial charge is 0.389 e. The summed E-state index contributed by atoms with van der Waals surface area (Å²) in [4.78, 5) is 31.5. The van der Waals surface area contributed by atoms with Gasteiger partial charge < -0.3 is 15.3 Å². The van der Waals surface area contributed by atoms with Crippen LogP contribution in [0.15, 0.2) is 18.2 Å². The van der Waals surface area contributed by atoms with E-state index in [1.54, 1.807) is 6.92 Å². The fourth-order valence-corrected chi connectivity index (χ4v) is 5.42. The zero-order valence-corrected chi connectivity index (χ0v) is 23.3. The second-order valence-electron chi connectivity index (χ2n) is 10.8. The Labute approximate surface area is 234 Å². The number of thiazole rings is 1. The molecule has 6 nitrogen and oxygen atoms in total. The Hall–Kier alpha value is -2.81. The van der Waals surface area contributed by atoms with E-state index in [0.29, 0.717) is 42.9 Å². The van der Waals surface area contributed by atoms with Crippen LogP contribution in [0.1, 0.15) is 84.8 Å². The third kappa shape index (κ3) is 6.65. The summed E-state index contributed by atoms with van der Waals surface area (Å²) in [5.41, 5.74) is -9.39. The summed E-state index contributed by atoms with van der Waals surface area (Å²) in [6.07, 6.45) is -13.2. The van der Waals surface area contributed by atoms with Gasteiger partial charge in [0.2, 0.25) is 0 Å². The third-order valence-corrected chi connectivity index (χ3v) is 8.10. The molecule has 2 aromatic rings. The highest BCUT2D eigenvalue weighted by molar-refractivity contribution is 7.17. The van der Waals surface area contributed by atoms with Crippen molar-refractivity contribution in [2.75, 3.05) is 13.1 Å². The van der Waals surface area contributed by atoms with E-state index in [2.05, 4.69) is 10.3 Å². The molecule has 1 aromatic carbocycles. The van der Waals surface area contributed by atoms with Crippen molar-refractivity contribution >= 4 is 23.2 Å². The van der Waals surface area contributed by atoms with Crippen molar-refractivity contribution in [1.29, 1.82) is 0 Å². The summed E-state index contributed by atoms with van der Waals surface area (Å²) in [5, 5.41) is 11.9. The molecule has 0 spiro atoms. The standard InChI is InChI=1S/C26H29F8N3O3S/c1-13-7-5-6-10-37(13)22(39)17-18(41-21(36-17)20(38)35-12-23(2,3)40)15-9-8-14(11-16(15)19(27)28)24(4,25(29,30)31)26(32,33)34/h8-9,11,13,19,40H,5-7,10,12H2,1-4H3,(H,35,38)/t13-/m0/s1. The summed E-state index contributed by atoms with van der Waals surface area (Å²) in [6, 6.07) is 0.962. The number of aromatic nitrogens is 1. The lowest BCUT2D eigenvalue weighted by Gasteiger charge is -2.35. The van der Waals surface area contributed by atoms with Gasteiger partial charge in [0.25, 0.3) is 18.2 Å². The number of piperidine rings is 1. The fourth-order valence-electron chi connectivity index (χ4n) is 4.40. The number of carbonyl (C=O) groups excluding carboxylic acids is 2. The Balaban J connectivity index is 2.22. The molecule has 228 valence electrons. The maximum Gasteiger partial charge on any atom is 0.406 e. The lowest BCUT2D eigenvalue weighted by atomic mass is 9.79. The van der Waals surface area contributed by atoms with E-state index in [1.807, 2.05) is 0 Å². The number of aliphatic hydroxyl groups is 1. The first-order valence-corrected chi connectivity index (χ1v) is 13.4. The molecule has 1 aliphatic heterocycles. The van der Waals surface area contributed by atoms with Crippen LogP contribution in [0.4, 0.5) is 35.1 Å². The van der Waals surface area contributed by atoms with Crippen molar-refractivity contribution in [2.45, 2.75) is 82.8 Å². The summed E-state index contributed by atoms with van der Waals surface area (Å²) in [7, 11) is 0. The average molecular weight is 616 g/mol. The quantitative estimate of drug-likeness (QED) is 0.342. The molecule has 1 atom stereocenters. The number of carbonyl (C=O) groups is 2. The molecule has 3 rings (SSSR count). The number of nitrogens with one attached hydrogen (secondary N) is 1. The molecule has 2 N–H and O–H groups in total. The van der Waals surface area contributed by atoms with Gasteiger partial charge >= 0.3 is 12.4 Å². The number of likely N-dealkylation sites (tertiary alicyclic amines) is 1. The van der Waals surface area contributed by atoms with Gasteiger partial charge in [0.05, 0.1) is 10.5 Å². The molecule has 0 radical (unpaired) electrons. The van der Waals surface area contributed by atoms with Gasteiger partial charge in [-0.2, -0.15) is 26.3 Å². The average Bonchev–Trinajstić information content (AvgIpc) is 3.30. The van der Waals surface area contributed by atoms with Crippen LogP contribution in [0.5, 0.6) is 0 Å². The zero-order chi connectivity index (χ0) is 31.1. The van der Waals surface area contributed by atoms with Crippen LogP contribution >= 0.6 is 11.3 Å². The number of hydrogen-bond acceptors (Lipinski definition) is 5. The van der Waals surface area contributed by atoms with Gasteiger partial charge in [0.15, 0.2) is 10.4 Å². The third-order valence-electron chi connectivity index (χ3n) is 7.01. The molecule has 0 saturated carbocycles. The molecule has 0 bridgehead atoms. The first kappa shape index (κ1) is 32.7. The number of hydrogen-bond donors (Lipinski definition) is 2. The topological polar surface area (TPSA) is 82.5 Å². The molecule has 0 aliphatic carbocycles. The van der Waals surface area contributed by atoms with Crippen molar-refractivity contribution in [1.82, 2.24) is 15.2 Å². The van der Waals surface area contributed by atoms with E-state index in [0.717, 1.165) is 6.42 Å². The Morgan fingerprint density at radius 1 is 1.10 bits per heavy atom. The SMILES string of the molecule is C[C@H]1CCCCN1C(=O)c1nc(C(=O)NCC(C)(C)O)sc1-c1ccc(C(C)(C(F)(F)F)C(F)(F)F)cc1C(F)F. The van der Waals surface area contributed by atoms with Gasteiger partial charge in [-0.25, -0.2) is 13.8 Å². The molecule has 2 amide bonds.